The Hall–Kier alpha value is -3.85. The lowest BCUT2D eigenvalue weighted by Crippen LogP contribution is -2.22. The van der Waals surface area contributed by atoms with Crippen molar-refractivity contribution in [2.24, 2.45) is 0 Å². The molecule has 5 rings (SSSR count). The third kappa shape index (κ3) is 5.78. The van der Waals surface area contributed by atoms with Gasteiger partial charge in [-0.15, -0.1) is 0 Å². The second-order valence-electron chi connectivity index (χ2n) is 9.67. The predicted octanol–water partition coefficient (Wildman–Crippen LogP) is 7.23. The van der Waals surface area contributed by atoms with Crippen LogP contribution < -0.4 is 4.90 Å². The van der Waals surface area contributed by atoms with Crippen LogP contribution >= 0.6 is 11.6 Å². The molecule has 2 aromatic carbocycles. The maximum Gasteiger partial charge on any atom is 0.435 e. The Bertz CT molecular complexity index is 1480. The first kappa shape index (κ1) is 26.7. The van der Waals surface area contributed by atoms with E-state index in [1.54, 1.807) is 49.5 Å². The molecular weight excluding hydrogens is 531 g/mol. The Labute approximate surface area is 228 Å². The first-order chi connectivity index (χ1) is 18.7. The number of anilines is 1. The highest BCUT2D eigenvalue weighted by molar-refractivity contribution is 6.33. The quantitative estimate of drug-likeness (QED) is 0.220. The monoisotopic (exact) mass is 555 g/mol. The molecule has 0 amide bonds. The standard InChI is InChI=1S/C29H25ClF3N3O3/c1-36(15-17-5-7-18(16-37)8-6-17)23-14-12-20(34-28(23)29(31,32)33)11-13-21-26(35-39-27(21)19-9-10-19)25-22(30)3-2-4-24(25)38/h2-8,12,14,16,19,38H,9-11,13,15H2,1H3. The van der Waals surface area contributed by atoms with E-state index in [-0.39, 0.29) is 36.0 Å². The average molecular weight is 556 g/mol. The van der Waals surface area contributed by atoms with Gasteiger partial charge in [0.1, 0.15) is 23.5 Å². The number of pyridine rings is 1. The van der Waals surface area contributed by atoms with Crippen LogP contribution in [-0.2, 0) is 25.6 Å². The molecule has 0 unspecified atom stereocenters. The topological polar surface area (TPSA) is 79.5 Å². The number of carbonyl (C=O) groups excluding carboxylic acids is 1. The molecular formula is C29H25ClF3N3O3. The molecule has 1 saturated carbocycles. The van der Waals surface area contributed by atoms with Gasteiger partial charge in [0.05, 0.1) is 16.3 Å². The number of hydrogen-bond acceptors (Lipinski definition) is 6. The zero-order valence-electron chi connectivity index (χ0n) is 21.0. The van der Waals surface area contributed by atoms with Gasteiger partial charge in [0.25, 0.3) is 0 Å². The van der Waals surface area contributed by atoms with Crippen molar-refractivity contribution >= 4 is 23.6 Å². The Kier molecular flexibility index (Phi) is 7.36. The number of alkyl halides is 3. The van der Waals surface area contributed by atoms with Crippen LogP contribution in [0.4, 0.5) is 18.9 Å². The minimum absolute atomic E-state index is 0.0453. The van der Waals surface area contributed by atoms with Crippen LogP contribution in [-0.4, -0.2) is 28.6 Å². The maximum atomic E-state index is 14.1. The lowest BCUT2D eigenvalue weighted by atomic mass is 9.98. The molecule has 39 heavy (non-hydrogen) atoms. The SMILES string of the molecule is CN(Cc1ccc(C=O)cc1)c1ccc(CCc2c(-c3c(O)cccc3Cl)noc2C2CC2)nc1C(F)(F)F. The number of rotatable bonds is 9. The summed E-state index contributed by atoms with van der Waals surface area (Å²) < 4.78 is 47.9. The molecule has 0 bridgehead atoms. The first-order valence-electron chi connectivity index (χ1n) is 12.4. The maximum absolute atomic E-state index is 14.1. The number of aromatic hydroxyl groups is 1. The lowest BCUT2D eigenvalue weighted by Gasteiger charge is -2.23. The molecule has 1 N–H and O–H groups in total. The second kappa shape index (κ2) is 10.7. The fraction of sp³-hybridized carbons (Fsp3) is 0.276. The van der Waals surface area contributed by atoms with Crippen molar-refractivity contribution in [3.05, 3.63) is 93.5 Å². The minimum atomic E-state index is -4.66. The normalized spacial score (nSPS) is 13.5. The van der Waals surface area contributed by atoms with Crippen molar-refractivity contribution in [3.63, 3.8) is 0 Å². The van der Waals surface area contributed by atoms with E-state index >= 15 is 0 Å². The first-order valence-corrected chi connectivity index (χ1v) is 12.8. The summed E-state index contributed by atoms with van der Waals surface area (Å²) in [5.41, 5.74) is 1.97. The zero-order valence-corrected chi connectivity index (χ0v) is 21.8. The number of hydrogen-bond donors (Lipinski definition) is 1. The van der Waals surface area contributed by atoms with Crippen LogP contribution in [0.5, 0.6) is 5.75 Å². The molecule has 2 aromatic heterocycles. The summed E-state index contributed by atoms with van der Waals surface area (Å²) in [6.45, 7) is 0.208. The summed E-state index contributed by atoms with van der Waals surface area (Å²) in [7, 11) is 1.57. The smallest absolute Gasteiger partial charge is 0.435 e. The number of nitrogens with zero attached hydrogens (tertiary/aromatic N) is 3. The molecule has 1 fully saturated rings. The summed E-state index contributed by atoms with van der Waals surface area (Å²) >= 11 is 6.35. The van der Waals surface area contributed by atoms with Gasteiger partial charge in [0, 0.05) is 36.3 Å². The van der Waals surface area contributed by atoms with Crippen LogP contribution in [0.15, 0.2) is 59.1 Å². The van der Waals surface area contributed by atoms with Gasteiger partial charge in [0.15, 0.2) is 5.69 Å². The number of aromatic nitrogens is 2. The van der Waals surface area contributed by atoms with E-state index in [0.717, 1.165) is 24.0 Å². The fourth-order valence-electron chi connectivity index (χ4n) is 4.64. The zero-order chi connectivity index (χ0) is 27.7. The van der Waals surface area contributed by atoms with Crippen LogP contribution in [0.25, 0.3) is 11.3 Å². The van der Waals surface area contributed by atoms with Crippen LogP contribution in [0.2, 0.25) is 5.02 Å². The molecule has 0 radical (unpaired) electrons. The summed E-state index contributed by atoms with van der Waals surface area (Å²) in [6, 6.07) is 14.4. The Morgan fingerprint density at radius 1 is 1.10 bits per heavy atom. The van der Waals surface area contributed by atoms with Crippen molar-refractivity contribution < 1.29 is 27.6 Å². The molecule has 6 nitrogen and oxygen atoms in total. The predicted molar refractivity (Wildman–Crippen MR) is 141 cm³/mol. The van der Waals surface area contributed by atoms with Gasteiger partial charge >= 0.3 is 6.18 Å². The molecule has 1 aliphatic rings. The van der Waals surface area contributed by atoms with Gasteiger partial charge in [-0.05, 0) is 55.5 Å². The molecule has 10 heteroatoms. The van der Waals surface area contributed by atoms with E-state index < -0.39 is 11.9 Å². The van der Waals surface area contributed by atoms with Crippen molar-refractivity contribution in [3.8, 4) is 17.0 Å². The highest BCUT2D eigenvalue weighted by Gasteiger charge is 2.37. The lowest BCUT2D eigenvalue weighted by molar-refractivity contribution is -0.140. The summed E-state index contributed by atoms with van der Waals surface area (Å²) in [5, 5.41) is 14.9. The van der Waals surface area contributed by atoms with Gasteiger partial charge in [-0.25, -0.2) is 4.98 Å². The number of benzene rings is 2. The van der Waals surface area contributed by atoms with E-state index in [0.29, 0.717) is 40.3 Å². The molecule has 0 aliphatic heterocycles. The van der Waals surface area contributed by atoms with Crippen molar-refractivity contribution in [2.75, 3.05) is 11.9 Å². The summed E-state index contributed by atoms with van der Waals surface area (Å²) in [4.78, 5) is 16.4. The number of carbonyl (C=O) groups is 1. The largest absolute Gasteiger partial charge is 0.507 e. The molecule has 202 valence electrons. The molecule has 4 aromatic rings. The van der Waals surface area contributed by atoms with Crippen molar-refractivity contribution in [2.45, 2.75) is 44.3 Å². The molecule has 0 atom stereocenters. The van der Waals surface area contributed by atoms with Crippen LogP contribution in [0.1, 0.15) is 57.4 Å². The van der Waals surface area contributed by atoms with E-state index in [9.17, 15) is 23.1 Å². The Morgan fingerprint density at radius 3 is 2.49 bits per heavy atom. The van der Waals surface area contributed by atoms with E-state index in [2.05, 4.69) is 10.1 Å². The van der Waals surface area contributed by atoms with Crippen LogP contribution in [0.3, 0.4) is 0 Å². The highest BCUT2D eigenvalue weighted by atomic mass is 35.5. The average Bonchev–Trinajstić information content (AvgIpc) is 3.67. The number of phenolic OH excluding ortho intramolecular Hbond substituents is 1. The van der Waals surface area contributed by atoms with Crippen molar-refractivity contribution in [1.82, 2.24) is 10.1 Å². The molecule has 0 spiro atoms. The summed E-state index contributed by atoms with van der Waals surface area (Å²) in [5.74, 6) is 0.823. The number of phenols is 1. The van der Waals surface area contributed by atoms with Gasteiger partial charge in [-0.3, -0.25) is 4.79 Å². The van der Waals surface area contributed by atoms with Gasteiger partial charge in [-0.1, -0.05) is 47.1 Å². The van der Waals surface area contributed by atoms with Gasteiger partial charge in [0.2, 0.25) is 0 Å². The molecule has 0 saturated heterocycles. The number of aryl methyl sites for hydroxylation is 1. The Balaban J connectivity index is 1.42. The molecule has 1 aliphatic carbocycles. The fourth-order valence-corrected chi connectivity index (χ4v) is 4.89. The highest BCUT2D eigenvalue weighted by Crippen LogP contribution is 2.46. The van der Waals surface area contributed by atoms with Crippen LogP contribution in [0, 0.1) is 0 Å². The third-order valence-corrected chi connectivity index (χ3v) is 7.09. The minimum Gasteiger partial charge on any atom is -0.507 e. The number of halogens is 4. The second-order valence-corrected chi connectivity index (χ2v) is 10.1. The summed E-state index contributed by atoms with van der Waals surface area (Å²) in [6.07, 6.45) is -1.55. The van der Waals surface area contributed by atoms with E-state index in [1.807, 2.05) is 0 Å². The Morgan fingerprint density at radius 2 is 1.85 bits per heavy atom. The molecule has 2 heterocycles. The van der Waals surface area contributed by atoms with Crippen molar-refractivity contribution in [1.29, 1.82) is 0 Å². The van der Waals surface area contributed by atoms with Gasteiger partial charge < -0.3 is 14.5 Å². The van der Waals surface area contributed by atoms with E-state index in [4.69, 9.17) is 16.1 Å². The van der Waals surface area contributed by atoms with Gasteiger partial charge in [-0.2, -0.15) is 13.2 Å². The van der Waals surface area contributed by atoms with E-state index in [1.165, 1.54) is 17.0 Å². The number of aldehydes is 1. The third-order valence-electron chi connectivity index (χ3n) is 6.77.